The number of hydrogen-bond donors (Lipinski definition) is 2. The van der Waals surface area contributed by atoms with Crippen LogP contribution < -0.4 is 0 Å². The quantitative estimate of drug-likeness (QED) is 0.281. The van der Waals surface area contributed by atoms with Crippen LogP contribution in [0.5, 0.6) is 0 Å². The topological polar surface area (TPSA) is 122 Å². The first-order valence-electron chi connectivity index (χ1n) is 19.8. The van der Waals surface area contributed by atoms with Crippen molar-refractivity contribution in [3.05, 3.63) is 0 Å². The Labute approximate surface area is 300 Å². The average molecular weight is 709 g/mol. The van der Waals surface area contributed by atoms with E-state index in [-0.39, 0.29) is 72.5 Å². The lowest BCUT2D eigenvalue weighted by molar-refractivity contribution is -0.352. The maximum absolute atomic E-state index is 11.8. The van der Waals surface area contributed by atoms with E-state index in [2.05, 4.69) is 55.4 Å². The molecular weight excluding hydrogens is 640 g/mol. The monoisotopic (exact) mass is 708 g/mol. The van der Waals surface area contributed by atoms with Crippen LogP contribution in [0.3, 0.4) is 0 Å². The second-order valence-electron chi connectivity index (χ2n) is 18.4. The molecule has 0 aromatic heterocycles. The summed E-state index contributed by atoms with van der Waals surface area (Å²) in [4.78, 5) is 11.8. The highest BCUT2D eigenvalue weighted by Crippen LogP contribution is 2.57. The molecule has 6 aliphatic heterocycles. The zero-order chi connectivity index (χ0) is 36.6. The Morgan fingerprint density at radius 2 is 1.56 bits per heavy atom. The number of aliphatic hydroxyl groups is 1. The SMILES string of the molecule is CO[C@@H]1C[C@@H](C[C@H]2CC[C@H](C)[C@H]([C@@H](C)C(=O)O)O2)O[C@]2(O[C@](C)([C@H]3CC[C@@](C)([C@@H]4O[C@@H]([C@H]5O[C@](C)(O)[C@@H](C)C[C@@H]5C)C[C@@H]4C)O3)C[C@H]2C)[C@@H]1C. The van der Waals surface area contributed by atoms with Gasteiger partial charge in [-0.25, -0.2) is 0 Å². The first-order chi connectivity index (χ1) is 23.3. The van der Waals surface area contributed by atoms with Crippen LogP contribution in [-0.4, -0.2) is 94.9 Å². The van der Waals surface area contributed by atoms with Gasteiger partial charge in [-0.1, -0.05) is 41.5 Å². The highest BCUT2D eigenvalue weighted by atomic mass is 16.7. The lowest BCUT2D eigenvalue weighted by atomic mass is 9.78. The van der Waals surface area contributed by atoms with Crippen LogP contribution in [-0.2, 0) is 38.0 Å². The zero-order valence-corrected chi connectivity index (χ0v) is 32.7. The molecule has 0 bridgehead atoms. The third-order valence-corrected chi connectivity index (χ3v) is 14.4. The molecule has 0 unspecified atom stereocenters. The fourth-order valence-corrected chi connectivity index (χ4v) is 11.2. The number of ether oxygens (including phenoxy) is 7. The van der Waals surface area contributed by atoms with E-state index in [4.69, 9.17) is 33.2 Å². The van der Waals surface area contributed by atoms with E-state index in [1.807, 2.05) is 0 Å². The summed E-state index contributed by atoms with van der Waals surface area (Å²) in [7, 11) is 1.78. The van der Waals surface area contributed by atoms with Crippen LogP contribution in [0.4, 0.5) is 0 Å². The molecule has 10 nitrogen and oxygen atoms in total. The first-order valence-corrected chi connectivity index (χ1v) is 19.8. The van der Waals surface area contributed by atoms with Crippen molar-refractivity contribution >= 4 is 5.97 Å². The summed E-state index contributed by atoms with van der Waals surface area (Å²) < 4.78 is 47.2. The summed E-state index contributed by atoms with van der Waals surface area (Å²) in [6, 6.07) is 0. The van der Waals surface area contributed by atoms with Crippen molar-refractivity contribution in [2.75, 3.05) is 7.11 Å². The van der Waals surface area contributed by atoms with Crippen molar-refractivity contribution < 1.29 is 48.2 Å². The number of rotatable bonds is 8. The average Bonchev–Trinajstić information content (AvgIpc) is 3.72. The Morgan fingerprint density at radius 1 is 0.840 bits per heavy atom. The highest BCUT2D eigenvalue weighted by molar-refractivity contribution is 5.70. The molecule has 2 N–H and O–H groups in total. The molecule has 0 aliphatic carbocycles. The standard InChI is InChI=1S/C40H68O10/c1-21-12-13-28(45-33(21)26(6)36(41)42)18-29-19-30(44-11)27(7)40(47-29)25(5)20-38(9,50-40)32-14-15-37(8,48-32)35-23(3)17-31(46-35)34-22(2)16-24(4)39(10,43)49-34/h21-35,43H,12-20H2,1-11H3,(H,41,42)/t21-,22-,23-,24-,25+,26+,27+,28+,29+,30+,31+,32+,33+,34-,35+,37-,38-,39-,40+/m0/s1. The first kappa shape index (κ1) is 38.9. The molecule has 10 heteroatoms. The molecular formula is C40H68O10. The molecule has 0 radical (unpaired) electrons. The van der Waals surface area contributed by atoms with Gasteiger partial charge in [0.25, 0.3) is 0 Å². The van der Waals surface area contributed by atoms with Gasteiger partial charge in [-0.3, -0.25) is 4.79 Å². The minimum Gasteiger partial charge on any atom is -0.481 e. The van der Waals surface area contributed by atoms with Gasteiger partial charge in [0.1, 0.15) is 0 Å². The lowest BCUT2D eigenvalue weighted by Gasteiger charge is -2.50. The Bertz CT molecular complexity index is 1210. The van der Waals surface area contributed by atoms with Gasteiger partial charge >= 0.3 is 5.97 Å². The largest absolute Gasteiger partial charge is 0.481 e. The second-order valence-corrected chi connectivity index (χ2v) is 18.4. The van der Waals surface area contributed by atoms with Gasteiger partial charge in [0, 0.05) is 37.7 Å². The van der Waals surface area contributed by atoms with E-state index in [0.717, 1.165) is 51.4 Å². The van der Waals surface area contributed by atoms with Gasteiger partial charge in [-0.2, -0.15) is 0 Å². The van der Waals surface area contributed by atoms with Crippen LogP contribution in [0, 0.1) is 41.4 Å². The van der Waals surface area contributed by atoms with E-state index >= 15 is 0 Å². The fraction of sp³-hybridized carbons (Fsp3) is 0.975. The molecule has 6 aliphatic rings. The third kappa shape index (κ3) is 6.96. The zero-order valence-electron chi connectivity index (χ0n) is 32.7. The molecule has 6 saturated heterocycles. The van der Waals surface area contributed by atoms with Gasteiger partial charge in [0.15, 0.2) is 11.6 Å². The van der Waals surface area contributed by atoms with E-state index in [1.54, 1.807) is 21.0 Å². The molecule has 19 atom stereocenters. The number of carboxylic acid groups (broad SMARTS) is 1. The Kier molecular flexibility index (Phi) is 11.0. The molecule has 0 aromatic rings. The van der Waals surface area contributed by atoms with Gasteiger partial charge in [-0.05, 0) is 90.4 Å². The number of aliphatic carboxylic acids is 1. The molecule has 0 saturated carbocycles. The summed E-state index contributed by atoms with van der Waals surface area (Å²) in [5.74, 6) is -2.36. The predicted octanol–water partition coefficient (Wildman–Crippen LogP) is 6.73. The van der Waals surface area contributed by atoms with E-state index in [9.17, 15) is 15.0 Å². The smallest absolute Gasteiger partial charge is 0.308 e. The number of hydrogen-bond acceptors (Lipinski definition) is 9. The predicted molar refractivity (Wildman–Crippen MR) is 187 cm³/mol. The Balaban J connectivity index is 1.13. The van der Waals surface area contributed by atoms with Crippen LogP contribution in [0.15, 0.2) is 0 Å². The fourth-order valence-electron chi connectivity index (χ4n) is 11.2. The van der Waals surface area contributed by atoms with Crippen molar-refractivity contribution in [3.63, 3.8) is 0 Å². The van der Waals surface area contributed by atoms with Crippen LogP contribution >= 0.6 is 0 Å². The van der Waals surface area contributed by atoms with E-state index < -0.39 is 34.7 Å². The molecule has 288 valence electrons. The molecule has 1 spiro atoms. The molecule has 0 aromatic carbocycles. The minimum atomic E-state index is -1.15. The molecule has 6 heterocycles. The summed E-state index contributed by atoms with van der Waals surface area (Å²) >= 11 is 0. The summed E-state index contributed by atoms with van der Waals surface area (Å²) in [6.45, 7) is 21.0. The summed E-state index contributed by atoms with van der Waals surface area (Å²) in [6.07, 6.45) is 6.64. The number of carboxylic acids is 1. The molecule has 6 fully saturated rings. The van der Waals surface area contributed by atoms with Gasteiger partial charge < -0.3 is 43.4 Å². The van der Waals surface area contributed by atoms with E-state index in [0.29, 0.717) is 18.3 Å². The van der Waals surface area contributed by atoms with Crippen LogP contribution in [0.25, 0.3) is 0 Å². The van der Waals surface area contributed by atoms with Crippen molar-refractivity contribution in [2.45, 2.75) is 199 Å². The Hall–Kier alpha value is -0.850. The van der Waals surface area contributed by atoms with Crippen molar-refractivity contribution in [1.29, 1.82) is 0 Å². The van der Waals surface area contributed by atoms with Crippen LogP contribution in [0.1, 0.15) is 127 Å². The summed E-state index contributed by atoms with van der Waals surface area (Å²) in [5.41, 5.74) is -1.02. The second kappa shape index (κ2) is 14.1. The minimum absolute atomic E-state index is 0.0109. The van der Waals surface area contributed by atoms with Gasteiger partial charge in [-0.15, -0.1) is 0 Å². The van der Waals surface area contributed by atoms with Crippen molar-refractivity contribution in [3.8, 4) is 0 Å². The van der Waals surface area contributed by atoms with E-state index in [1.165, 1.54) is 0 Å². The molecule has 6 rings (SSSR count). The summed E-state index contributed by atoms with van der Waals surface area (Å²) in [5, 5.41) is 20.6. The third-order valence-electron chi connectivity index (χ3n) is 14.4. The van der Waals surface area contributed by atoms with Crippen molar-refractivity contribution in [1.82, 2.24) is 0 Å². The lowest BCUT2D eigenvalue weighted by Crippen LogP contribution is -2.58. The number of methoxy groups -OCH3 is 1. The highest BCUT2D eigenvalue weighted by Gasteiger charge is 2.65. The van der Waals surface area contributed by atoms with Gasteiger partial charge in [0.2, 0.25) is 0 Å². The maximum Gasteiger partial charge on any atom is 0.308 e. The Morgan fingerprint density at radius 3 is 2.24 bits per heavy atom. The normalized spacial score (nSPS) is 55.0. The van der Waals surface area contributed by atoms with Crippen molar-refractivity contribution in [2.24, 2.45) is 41.4 Å². The molecule has 0 amide bonds. The number of carbonyl (C=O) groups is 1. The van der Waals surface area contributed by atoms with Crippen LogP contribution in [0.2, 0.25) is 0 Å². The molecule has 50 heavy (non-hydrogen) atoms. The maximum atomic E-state index is 11.8. The van der Waals surface area contributed by atoms with Gasteiger partial charge in [0.05, 0.1) is 66.0 Å².